The number of carbonyl (C=O) groups excluding carboxylic acids is 2. The van der Waals surface area contributed by atoms with Crippen molar-refractivity contribution in [2.75, 3.05) is 20.8 Å². The molecular formula is C19H28N2O4. The summed E-state index contributed by atoms with van der Waals surface area (Å²) in [5, 5.41) is 5.86. The second-order valence-electron chi connectivity index (χ2n) is 6.51. The number of rotatable bonds is 7. The number of hydrogen-bond donors (Lipinski definition) is 2. The highest BCUT2D eigenvalue weighted by Crippen LogP contribution is 2.27. The van der Waals surface area contributed by atoms with Crippen LogP contribution in [0.2, 0.25) is 0 Å². The third-order valence-corrected chi connectivity index (χ3v) is 4.74. The first-order valence-corrected chi connectivity index (χ1v) is 8.84. The summed E-state index contributed by atoms with van der Waals surface area (Å²) in [6.07, 6.45) is 4.91. The SMILES string of the molecule is COc1ccc(C(=O)NCCC(=O)NC2CCCCC2C)cc1OC. The van der Waals surface area contributed by atoms with E-state index in [0.29, 0.717) is 29.5 Å². The minimum atomic E-state index is -0.236. The van der Waals surface area contributed by atoms with Crippen molar-refractivity contribution in [3.63, 3.8) is 0 Å². The van der Waals surface area contributed by atoms with Gasteiger partial charge in [-0.05, 0) is 37.0 Å². The van der Waals surface area contributed by atoms with Gasteiger partial charge in [0, 0.05) is 24.6 Å². The van der Waals surface area contributed by atoms with Gasteiger partial charge < -0.3 is 20.1 Å². The zero-order valence-corrected chi connectivity index (χ0v) is 15.3. The molecule has 0 bridgehead atoms. The molecule has 0 aliphatic heterocycles. The Morgan fingerprint density at radius 2 is 1.84 bits per heavy atom. The van der Waals surface area contributed by atoms with E-state index in [1.807, 2.05) is 0 Å². The van der Waals surface area contributed by atoms with Crippen molar-refractivity contribution in [1.82, 2.24) is 10.6 Å². The van der Waals surface area contributed by atoms with E-state index in [4.69, 9.17) is 9.47 Å². The van der Waals surface area contributed by atoms with Crippen molar-refractivity contribution in [3.8, 4) is 11.5 Å². The van der Waals surface area contributed by atoms with Crippen LogP contribution in [0.15, 0.2) is 18.2 Å². The molecule has 6 nitrogen and oxygen atoms in total. The van der Waals surface area contributed by atoms with Gasteiger partial charge in [0.2, 0.25) is 5.91 Å². The van der Waals surface area contributed by atoms with E-state index in [9.17, 15) is 9.59 Å². The number of nitrogens with one attached hydrogen (secondary N) is 2. The number of hydrogen-bond acceptors (Lipinski definition) is 4. The van der Waals surface area contributed by atoms with Gasteiger partial charge in [0.05, 0.1) is 14.2 Å². The first-order chi connectivity index (χ1) is 12.0. The lowest BCUT2D eigenvalue weighted by atomic mass is 9.86. The topological polar surface area (TPSA) is 76.7 Å². The Labute approximate surface area is 149 Å². The lowest BCUT2D eigenvalue weighted by molar-refractivity contribution is -0.122. The van der Waals surface area contributed by atoms with E-state index in [1.165, 1.54) is 26.4 Å². The molecule has 1 aliphatic rings. The molecule has 2 N–H and O–H groups in total. The summed E-state index contributed by atoms with van der Waals surface area (Å²) in [7, 11) is 3.07. The smallest absolute Gasteiger partial charge is 0.251 e. The van der Waals surface area contributed by atoms with Crippen LogP contribution in [0.3, 0.4) is 0 Å². The summed E-state index contributed by atoms with van der Waals surface area (Å²) in [6.45, 7) is 2.49. The summed E-state index contributed by atoms with van der Waals surface area (Å²) < 4.78 is 10.3. The fraction of sp³-hybridized carbons (Fsp3) is 0.579. The summed E-state index contributed by atoms with van der Waals surface area (Å²) >= 11 is 0. The molecule has 1 aromatic carbocycles. The molecule has 1 aromatic rings. The highest BCUT2D eigenvalue weighted by Gasteiger charge is 2.22. The maximum atomic E-state index is 12.2. The maximum absolute atomic E-state index is 12.2. The van der Waals surface area contributed by atoms with Gasteiger partial charge in [-0.25, -0.2) is 0 Å². The second-order valence-corrected chi connectivity index (χ2v) is 6.51. The molecule has 2 amide bonds. The first-order valence-electron chi connectivity index (χ1n) is 8.84. The number of methoxy groups -OCH3 is 2. The molecule has 25 heavy (non-hydrogen) atoms. The Hall–Kier alpha value is -2.24. The third-order valence-electron chi connectivity index (χ3n) is 4.74. The number of amides is 2. The standard InChI is InChI=1S/C19H28N2O4/c1-13-6-4-5-7-15(13)21-18(22)10-11-20-19(23)14-8-9-16(24-2)17(12-14)25-3/h8-9,12-13,15H,4-7,10-11H2,1-3H3,(H,20,23)(H,21,22). The van der Waals surface area contributed by atoms with Crippen LogP contribution in [-0.4, -0.2) is 38.6 Å². The largest absolute Gasteiger partial charge is 0.493 e. The normalized spacial score (nSPS) is 19.8. The fourth-order valence-electron chi connectivity index (χ4n) is 3.18. The molecule has 1 saturated carbocycles. The second kappa shape index (κ2) is 9.30. The van der Waals surface area contributed by atoms with Crippen LogP contribution < -0.4 is 20.1 Å². The van der Waals surface area contributed by atoms with Crippen molar-refractivity contribution in [2.24, 2.45) is 5.92 Å². The molecular weight excluding hydrogens is 320 g/mol. The molecule has 2 unspecified atom stereocenters. The number of ether oxygens (including phenoxy) is 2. The fourth-order valence-corrected chi connectivity index (χ4v) is 3.18. The van der Waals surface area contributed by atoms with Crippen LogP contribution in [-0.2, 0) is 4.79 Å². The van der Waals surface area contributed by atoms with Gasteiger partial charge in [-0.1, -0.05) is 19.8 Å². The Balaban J connectivity index is 1.79. The van der Waals surface area contributed by atoms with Crippen LogP contribution in [0.1, 0.15) is 49.4 Å². The van der Waals surface area contributed by atoms with Gasteiger partial charge in [-0.2, -0.15) is 0 Å². The number of benzene rings is 1. The molecule has 0 aromatic heterocycles. The molecule has 0 saturated heterocycles. The molecule has 0 radical (unpaired) electrons. The molecule has 1 fully saturated rings. The van der Waals surface area contributed by atoms with Crippen LogP contribution >= 0.6 is 0 Å². The van der Waals surface area contributed by atoms with Crippen molar-refractivity contribution in [2.45, 2.75) is 45.1 Å². The van der Waals surface area contributed by atoms with Crippen molar-refractivity contribution < 1.29 is 19.1 Å². The summed E-state index contributed by atoms with van der Waals surface area (Å²) in [5.74, 6) is 1.35. The van der Waals surface area contributed by atoms with Crippen LogP contribution in [0.4, 0.5) is 0 Å². The monoisotopic (exact) mass is 348 g/mol. The Kier molecular flexibility index (Phi) is 7.10. The van der Waals surface area contributed by atoms with Crippen LogP contribution in [0, 0.1) is 5.92 Å². The minimum absolute atomic E-state index is 0.00800. The van der Waals surface area contributed by atoms with Gasteiger partial charge in [-0.3, -0.25) is 9.59 Å². The van der Waals surface area contributed by atoms with E-state index < -0.39 is 0 Å². The third kappa shape index (κ3) is 5.37. The van der Waals surface area contributed by atoms with E-state index >= 15 is 0 Å². The predicted molar refractivity (Wildman–Crippen MR) is 96.1 cm³/mol. The molecule has 0 heterocycles. The van der Waals surface area contributed by atoms with E-state index in [-0.39, 0.29) is 24.3 Å². The Morgan fingerprint density at radius 3 is 2.52 bits per heavy atom. The van der Waals surface area contributed by atoms with Gasteiger partial charge in [0.25, 0.3) is 5.91 Å². The molecule has 6 heteroatoms. The molecule has 0 spiro atoms. The van der Waals surface area contributed by atoms with Crippen LogP contribution in [0.25, 0.3) is 0 Å². The highest BCUT2D eigenvalue weighted by molar-refractivity contribution is 5.95. The van der Waals surface area contributed by atoms with E-state index in [1.54, 1.807) is 25.3 Å². The Bertz CT molecular complexity index is 603. The molecule has 2 atom stereocenters. The average Bonchev–Trinajstić information content (AvgIpc) is 2.62. The summed E-state index contributed by atoms with van der Waals surface area (Å²) in [5.41, 5.74) is 0.471. The van der Waals surface area contributed by atoms with Gasteiger partial charge >= 0.3 is 0 Å². The minimum Gasteiger partial charge on any atom is -0.493 e. The molecule has 138 valence electrons. The zero-order valence-electron chi connectivity index (χ0n) is 15.3. The van der Waals surface area contributed by atoms with E-state index in [0.717, 1.165) is 6.42 Å². The number of carbonyl (C=O) groups is 2. The van der Waals surface area contributed by atoms with E-state index in [2.05, 4.69) is 17.6 Å². The zero-order chi connectivity index (χ0) is 18.2. The van der Waals surface area contributed by atoms with Crippen molar-refractivity contribution >= 4 is 11.8 Å². The summed E-state index contributed by atoms with van der Waals surface area (Å²) in [4.78, 5) is 24.3. The molecule has 1 aliphatic carbocycles. The lowest BCUT2D eigenvalue weighted by Gasteiger charge is -2.29. The summed E-state index contributed by atoms with van der Waals surface area (Å²) in [6, 6.07) is 5.24. The van der Waals surface area contributed by atoms with Gasteiger partial charge in [0.1, 0.15) is 0 Å². The first kappa shape index (κ1) is 19.1. The van der Waals surface area contributed by atoms with Crippen molar-refractivity contribution in [1.29, 1.82) is 0 Å². The van der Waals surface area contributed by atoms with Gasteiger partial charge in [-0.15, -0.1) is 0 Å². The maximum Gasteiger partial charge on any atom is 0.251 e. The quantitative estimate of drug-likeness (QED) is 0.794. The van der Waals surface area contributed by atoms with Crippen molar-refractivity contribution in [3.05, 3.63) is 23.8 Å². The molecule has 2 rings (SSSR count). The lowest BCUT2D eigenvalue weighted by Crippen LogP contribution is -2.42. The Morgan fingerprint density at radius 1 is 1.12 bits per heavy atom. The highest BCUT2D eigenvalue weighted by atomic mass is 16.5. The van der Waals surface area contributed by atoms with Crippen LogP contribution in [0.5, 0.6) is 11.5 Å². The predicted octanol–water partition coefficient (Wildman–Crippen LogP) is 2.52. The van der Waals surface area contributed by atoms with Gasteiger partial charge in [0.15, 0.2) is 11.5 Å². The average molecular weight is 348 g/mol.